The zero-order chi connectivity index (χ0) is 13.5. The van der Waals surface area contributed by atoms with Crippen molar-refractivity contribution in [1.82, 2.24) is 5.32 Å². The predicted molar refractivity (Wildman–Crippen MR) is 79.4 cm³/mol. The van der Waals surface area contributed by atoms with Gasteiger partial charge in [-0.05, 0) is 31.5 Å². The second-order valence-electron chi connectivity index (χ2n) is 4.82. The topological polar surface area (TPSA) is 21.3 Å². The van der Waals surface area contributed by atoms with Gasteiger partial charge in [0.05, 0.1) is 0 Å². The van der Waals surface area contributed by atoms with Crippen LogP contribution in [0.3, 0.4) is 0 Å². The van der Waals surface area contributed by atoms with Crippen molar-refractivity contribution in [2.75, 3.05) is 6.61 Å². The highest BCUT2D eigenvalue weighted by atomic mass is 16.5. The first-order valence-corrected chi connectivity index (χ1v) is 6.74. The van der Waals surface area contributed by atoms with Crippen LogP contribution in [-0.4, -0.2) is 12.6 Å². The van der Waals surface area contributed by atoms with E-state index in [4.69, 9.17) is 4.74 Å². The first kappa shape index (κ1) is 13.6. The third kappa shape index (κ3) is 4.42. The summed E-state index contributed by atoms with van der Waals surface area (Å²) in [5.41, 5.74) is 1.30. The van der Waals surface area contributed by atoms with Crippen molar-refractivity contribution in [3.63, 3.8) is 0 Å². The van der Waals surface area contributed by atoms with Crippen LogP contribution >= 0.6 is 0 Å². The second kappa shape index (κ2) is 6.95. The maximum atomic E-state index is 5.74. The monoisotopic (exact) mass is 255 g/mol. The van der Waals surface area contributed by atoms with E-state index in [1.54, 1.807) is 0 Å². The number of hydrogen-bond acceptors (Lipinski definition) is 2. The fraction of sp³-hybridized carbons (Fsp3) is 0.294. The summed E-state index contributed by atoms with van der Waals surface area (Å²) in [5.74, 6) is 0.920. The molecule has 0 radical (unpaired) electrons. The van der Waals surface area contributed by atoms with Crippen molar-refractivity contribution in [1.29, 1.82) is 0 Å². The molecule has 0 unspecified atom stereocenters. The lowest BCUT2D eigenvalue weighted by Crippen LogP contribution is -2.33. The van der Waals surface area contributed by atoms with E-state index in [1.807, 2.05) is 36.4 Å². The molecule has 2 aromatic rings. The first-order chi connectivity index (χ1) is 9.25. The molecule has 0 aromatic heterocycles. The van der Waals surface area contributed by atoms with E-state index < -0.39 is 0 Å². The van der Waals surface area contributed by atoms with Gasteiger partial charge in [-0.15, -0.1) is 0 Å². The molecule has 100 valence electrons. The molecule has 0 spiro atoms. The largest absolute Gasteiger partial charge is 0.492 e. The molecule has 1 N–H and O–H groups in total. The molecule has 0 heterocycles. The van der Waals surface area contributed by atoms with Gasteiger partial charge < -0.3 is 10.1 Å². The molecule has 0 saturated carbocycles. The fourth-order valence-electron chi connectivity index (χ4n) is 2.05. The summed E-state index contributed by atoms with van der Waals surface area (Å²) in [4.78, 5) is 0. The maximum Gasteiger partial charge on any atom is 0.119 e. The first-order valence-electron chi connectivity index (χ1n) is 6.74. The zero-order valence-corrected chi connectivity index (χ0v) is 11.5. The van der Waals surface area contributed by atoms with Gasteiger partial charge >= 0.3 is 0 Å². The molecule has 19 heavy (non-hydrogen) atoms. The van der Waals surface area contributed by atoms with Gasteiger partial charge in [-0.25, -0.2) is 0 Å². The average molecular weight is 255 g/mol. The van der Waals surface area contributed by atoms with E-state index in [0.717, 1.165) is 5.75 Å². The SMILES string of the molecule is C[C@H](COc1ccccc1)N[C@@H](C)c1ccccc1. The molecule has 2 aromatic carbocycles. The van der Waals surface area contributed by atoms with E-state index in [-0.39, 0.29) is 0 Å². The number of benzene rings is 2. The third-order valence-electron chi connectivity index (χ3n) is 3.08. The minimum absolute atomic E-state index is 0.301. The molecule has 0 bridgehead atoms. The summed E-state index contributed by atoms with van der Waals surface area (Å²) < 4.78 is 5.74. The van der Waals surface area contributed by atoms with Crippen LogP contribution in [0, 0.1) is 0 Å². The van der Waals surface area contributed by atoms with E-state index in [9.17, 15) is 0 Å². The van der Waals surface area contributed by atoms with E-state index >= 15 is 0 Å². The van der Waals surface area contributed by atoms with Crippen LogP contribution in [0.15, 0.2) is 60.7 Å². The number of hydrogen-bond donors (Lipinski definition) is 1. The zero-order valence-electron chi connectivity index (χ0n) is 11.5. The van der Waals surface area contributed by atoms with Crippen LogP contribution in [0.25, 0.3) is 0 Å². The van der Waals surface area contributed by atoms with Gasteiger partial charge in [0.15, 0.2) is 0 Å². The lowest BCUT2D eigenvalue weighted by Gasteiger charge is -2.20. The van der Waals surface area contributed by atoms with Crippen molar-refractivity contribution in [3.05, 3.63) is 66.2 Å². The summed E-state index contributed by atoms with van der Waals surface area (Å²) in [6.07, 6.45) is 0. The Morgan fingerprint density at radius 3 is 2.11 bits per heavy atom. The average Bonchev–Trinajstić information content (AvgIpc) is 2.47. The molecular weight excluding hydrogens is 234 g/mol. The molecule has 0 aliphatic carbocycles. The quantitative estimate of drug-likeness (QED) is 0.847. The van der Waals surface area contributed by atoms with E-state index in [1.165, 1.54) is 5.56 Å². The lowest BCUT2D eigenvalue weighted by atomic mass is 10.1. The third-order valence-corrected chi connectivity index (χ3v) is 3.08. The number of rotatable bonds is 6. The summed E-state index contributed by atoms with van der Waals surface area (Å²) >= 11 is 0. The van der Waals surface area contributed by atoms with Gasteiger partial charge in [-0.2, -0.15) is 0 Å². The highest BCUT2D eigenvalue weighted by Gasteiger charge is 2.09. The lowest BCUT2D eigenvalue weighted by molar-refractivity contribution is 0.264. The van der Waals surface area contributed by atoms with Gasteiger partial charge in [0.2, 0.25) is 0 Å². The Bertz CT molecular complexity index is 469. The van der Waals surface area contributed by atoms with Gasteiger partial charge in [0.1, 0.15) is 12.4 Å². The van der Waals surface area contributed by atoms with Crippen molar-refractivity contribution < 1.29 is 4.74 Å². The van der Waals surface area contributed by atoms with Crippen LogP contribution in [0.2, 0.25) is 0 Å². The number of para-hydroxylation sites is 1. The normalized spacial score (nSPS) is 13.8. The van der Waals surface area contributed by atoms with Gasteiger partial charge in [-0.3, -0.25) is 0 Å². The molecule has 0 fully saturated rings. The van der Waals surface area contributed by atoms with Crippen molar-refractivity contribution in [2.24, 2.45) is 0 Å². The van der Waals surface area contributed by atoms with Gasteiger partial charge in [-0.1, -0.05) is 48.5 Å². The molecule has 0 amide bonds. The fourth-order valence-corrected chi connectivity index (χ4v) is 2.05. The van der Waals surface area contributed by atoms with Crippen LogP contribution in [-0.2, 0) is 0 Å². The maximum absolute atomic E-state index is 5.74. The summed E-state index contributed by atoms with van der Waals surface area (Å²) in [7, 11) is 0. The molecule has 0 aliphatic rings. The Labute approximate surface area is 115 Å². The van der Waals surface area contributed by atoms with Gasteiger partial charge in [0.25, 0.3) is 0 Å². The highest BCUT2D eigenvalue weighted by Crippen LogP contribution is 2.13. The smallest absolute Gasteiger partial charge is 0.119 e. The Kier molecular flexibility index (Phi) is 4.99. The minimum atomic E-state index is 0.301. The summed E-state index contributed by atoms with van der Waals surface area (Å²) in [5, 5.41) is 3.54. The molecule has 2 nitrogen and oxygen atoms in total. The van der Waals surface area contributed by atoms with Crippen molar-refractivity contribution >= 4 is 0 Å². The molecule has 2 rings (SSSR count). The van der Waals surface area contributed by atoms with Crippen molar-refractivity contribution in [3.8, 4) is 5.75 Å². The van der Waals surface area contributed by atoms with Crippen LogP contribution < -0.4 is 10.1 Å². The standard InChI is InChI=1S/C17H21NO/c1-14(13-19-17-11-7-4-8-12-17)18-15(2)16-9-5-3-6-10-16/h3-12,14-15,18H,13H2,1-2H3/t14-,15+/m1/s1. The Balaban J connectivity index is 1.80. The molecule has 2 heteroatoms. The Hall–Kier alpha value is -1.80. The highest BCUT2D eigenvalue weighted by molar-refractivity contribution is 5.21. The van der Waals surface area contributed by atoms with Gasteiger partial charge in [0, 0.05) is 12.1 Å². The summed E-state index contributed by atoms with van der Waals surface area (Å²) in [6, 6.07) is 21.0. The molecular formula is C17H21NO. The Morgan fingerprint density at radius 1 is 0.895 bits per heavy atom. The molecule has 2 atom stereocenters. The summed E-state index contributed by atoms with van der Waals surface area (Å²) in [6.45, 7) is 4.98. The Morgan fingerprint density at radius 2 is 1.47 bits per heavy atom. The van der Waals surface area contributed by atoms with E-state index in [2.05, 4.69) is 43.4 Å². The van der Waals surface area contributed by atoms with E-state index in [0.29, 0.717) is 18.7 Å². The molecule has 0 aliphatic heterocycles. The van der Waals surface area contributed by atoms with Crippen LogP contribution in [0.5, 0.6) is 5.75 Å². The van der Waals surface area contributed by atoms with Crippen LogP contribution in [0.1, 0.15) is 25.5 Å². The predicted octanol–water partition coefficient (Wildman–Crippen LogP) is 3.80. The number of nitrogens with one attached hydrogen (secondary N) is 1. The number of ether oxygens (including phenoxy) is 1. The second-order valence-corrected chi connectivity index (χ2v) is 4.82. The van der Waals surface area contributed by atoms with Crippen molar-refractivity contribution in [2.45, 2.75) is 25.9 Å². The molecule has 0 saturated heterocycles. The van der Waals surface area contributed by atoms with Crippen LogP contribution in [0.4, 0.5) is 0 Å². The minimum Gasteiger partial charge on any atom is -0.492 e.